The van der Waals surface area contributed by atoms with Crippen molar-refractivity contribution in [2.24, 2.45) is 7.05 Å². The molecule has 28 heavy (non-hydrogen) atoms. The van der Waals surface area contributed by atoms with Crippen LogP contribution in [0.4, 0.5) is 14.6 Å². The normalized spacial score (nSPS) is 11.1. The number of fused-ring (bicyclic) bond motifs is 1. The van der Waals surface area contributed by atoms with Crippen LogP contribution in [0, 0.1) is 18.6 Å². The van der Waals surface area contributed by atoms with E-state index in [-0.39, 0.29) is 17.3 Å². The number of nitrogens with zero attached hydrogens (tertiary/aromatic N) is 5. The molecule has 3 heterocycles. The number of amides is 1. The number of aryl methyl sites for hydroxylation is 2. The Morgan fingerprint density at radius 1 is 1.21 bits per heavy atom. The second kappa shape index (κ2) is 6.37. The Morgan fingerprint density at radius 2 is 2.00 bits per heavy atom. The molecule has 0 aliphatic carbocycles. The summed E-state index contributed by atoms with van der Waals surface area (Å²) in [5.41, 5.74) is 0.380. The Morgan fingerprint density at radius 3 is 2.75 bits per heavy atom. The van der Waals surface area contributed by atoms with Crippen molar-refractivity contribution in [1.82, 2.24) is 29.5 Å². The zero-order valence-electron chi connectivity index (χ0n) is 14.7. The first-order chi connectivity index (χ1) is 13.3. The Hall–Kier alpha value is -3.89. The van der Waals surface area contributed by atoms with Gasteiger partial charge in [-0.3, -0.25) is 19.3 Å². The number of H-pyrrole nitrogens is 1. The Kier molecular flexibility index (Phi) is 3.99. The number of nitrogens with one attached hydrogen (secondary N) is 2. The van der Waals surface area contributed by atoms with Crippen molar-refractivity contribution in [3.05, 3.63) is 63.7 Å². The number of benzene rings is 1. The highest BCUT2D eigenvalue weighted by Gasteiger charge is 2.17. The smallest absolute Gasteiger partial charge is 0.263 e. The first-order valence-electron chi connectivity index (χ1n) is 8.09. The minimum atomic E-state index is -1.13. The molecule has 4 rings (SSSR count). The van der Waals surface area contributed by atoms with Crippen LogP contribution in [0.15, 0.2) is 35.3 Å². The number of carbonyl (C=O) groups excluding carboxylic acids is 1. The summed E-state index contributed by atoms with van der Waals surface area (Å²) in [7, 11) is 1.64. The quantitative estimate of drug-likeness (QED) is 0.558. The molecule has 0 unspecified atom stereocenters. The van der Waals surface area contributed by atoms with Crippen molar-refractivity contribution in [2.75, 3.05) is 5.32 Å². The van der Waals surface area contributed by atoms with Crippen molar-refractivity contribution in [3.8, 4) is 5.95 Å². The summed E-state index contributed by atoms with van der Waals surface area (Å²) in [5.74, 6) is -2.61. The molecule has 0 fully saturated rings. The third-order valence-corrected chi connectivity index (χ3v) is 4.04. The second-order valence-corrected chi connectivity index (χ2v) is 6.06. The second-order valence-electron chi connectivity index (χ2n) is 6.06. The summed E-state index contributed by atoms with van der Waals surface area (Å²) in [6.45, 7) is 1.68. The van der Waals surface area contributed by atoms with E-state index in [0.29, 0.717) is 16.7 Å². The summed E-state index contributed by atoms with van der Waals surface area (Å²) < 4.78 is 29.1. The van der Waals surface area contributed by atoms with Gasteiger partial charge in [-0.25, -0.2) is 8.78 Å². The predicted molar refractivity (Wildman–Crippen MR) is 95.3 cm³/mol. The molecule has 0 saturated carbocycles. The van der Waals surface area contributed by atoms with Crippen molar-refractivity contribution >= 4 is 22.8 Å². The van der Waals surface area contributed by atoms with Crippen LogP contribution in [0.5, 0.6) is 0 Å². The van der Waals surface area contributed by atoms with Crippen molar-refractivity contribution in [3.63, 3.8) is 0 Å². The van der Waals surface area contributed by atoms with Crippen molar-refractivity contribution in [2.45, 2.75) is 6.92 Å². The third-order valence-electron chi connectivity index (χ3n) is 4.04. The fourth-order valence-corrected chi connectivity index (χ4v) is 2.70. The number of carbonyl (C=O) groups is 1. The molecule has 9 nitrogen and oxygen atoms in total. The summed E-state index contributed by atoms with van der Waals surface area (Å²) >= 11 is 0. The predicted octanol–water partition coefficient (Wildman–Crippen LogP) is 1.68. The summed E-state index contributed by atoms with van der Waals surface area (Å²) in [6.07, 6.45) is 1.39. The highest BCUT2D eigenvalue weighted by Crippen LogP contribution is 2.17. The molecular weight excluding hydrogens is 372 g/mol. The molecule has 1 amide bonds. The monoisotopic (exact) mass is 385 g/mol. The lowest BCUT2D eigenvalue weighted by molar-refractivity contribution is 0.102. The summed E-state index contributed by atoms with van der Waals surface area (Å²) in [5, 5.41) is 11.1. The van der Waals surface area contributed by atoms with Gasteiger partial charge in [-0.2, -0.15) is 19.9 Å². The van der Waals surface area contributed by atoms with Crippen LogP contribution in [-0.2, 0) is 7.05 Å². The van der Waals surface area contributed by atoms with Crippen LogP contribution in [0.25, 0.3) is 17.0 Å². The number of hydrogen-bond donors (Lipinski definition) is 2. The van der Waals surface area contributed by atoms with Gasteiger partial charge < -0.3 is 5.32 Å². The van der Waals surface area contributed by atoms with E-state index in [1.165, 1.54) is 15.6 Å². The van der Waals surface area contributed by atoms with E-state index < -0.39 is 23.1 Å². The molecule has 4 aromatic rings. The molecule has 0 spiro atoms. The molecule has 1 aromatic carbocycles. The number of hydrogen-bond acceptors (Lipinski definition) is 5. The number of rotatable bonds is 3. The average Bonchev–Trinajstić information content (AvgIpc) is 3.20. The van der Waals surface area contributed by atoms with E-state index in [0.717, 1.165) is 18.2 Å². The third kappa shape index (κ3) is 2.92. The molecule has 0 aliphatic rings. The molecule has 0 radical (unpaired) electrons. The van der Waals surface area contributed by atoms with E-state index in [9.17, 15) is 18.4 Å². The number of aromatic nitrogens is 6. The molecule has 0 atom stereocenters. The molecule has 142 valence electrons. The van der Waals surface area contributed by atoms with Gasteiger partial charge in [0.05, 0.1) is 11.9 Å². The Balaban J connectivity index is 1.75. The lowest BCUT2D eigenvalue weighted by Gasteiger charge is -2.08. The molecule has 3 aromatic heterocycles. The molecular formula is C17H13F2N7O2. The van der Waals surface area contributed by atoms with Gasteiger partial charge in [0.1, 0.15) is 11.2 Å². The molecule has 0 saturated heterocycles. The fraction of sp³-hybridized carbons (Fsp3) is 0.118. The minimum absolute atomic E-state index is 0.0646. The van der Waals surface area contributed by atoms with Crippen LogP contribution >= 0.6 is 0 Å². The lowest BCUT2D eigenvalue weighted by Crippen LogP contribution is -2.19. The van der Waals surface area contributed by atoms with Crippen LogP contribution in [0.3, 0.4) is 0 Å². The van der Waals surface area contributed by atoms with Gasteiger partial charge >= 0.3 is 0 Å². The van der Waals surface area contributed by atoms with Gasteiger partial charge in [0.25, 0.3) is 11.5 Å². The van der Waals surface area contributed by atoms with Gasteiger partial charge in [0.15, 0.2) is 17.3 Å². The van der Waals surface area contributed by atoms with E-state index in [1.807, 2.05) is 0 Å². The first kappa shape index (κ1) is 17.5. The molecule has 0 bridgehead atoms. The van der Waals surface area contributed by atoms with E-state index in [4.69, 9.17) is 0 Å². The number of aromatic amines is 1. The number of anilines is 1. The van der Waals surface area contributed by atoms with Gasteiger partial charge in [0, 0.05) is 18.7 Å². The molecule has 0 aliphatic heterocycles. The highest BCUT2D eigenvalue weighted by atomic mass is 19.2. The largest absolute Gasteiger partial charge is 0.306 e. The van der Waals surface area contributed by atoms with Gasteiger partial charge in [-0.15, -0.1) is 0 Å². The fourth-order valence-electron chi connectivity index (χ4n) is 2.70. The van der Waals surface area contributed by atoms with Crippen molar-refractivity contribution < 1.29 is 13.6 Å². The first-order valence-corrected chi connectivity index (χ1v) is 8.09. The Labute approximate surface area is 155 Å². The van der Waals surface area contributed by atoms with E-state index in [1.54, 1.807) is 20.0 Å². The van der Waals surface area contributed by atoms with Gasteiger partial charge in [0.2, 0.25) is 5.95 Å². The maximum atomic E-state index is 13.4. The Bertz CT molecular complexity index is 1290. The zero-order valence-corrected chi connectivity index (χ0v) is 14.7. The highest BCUT2D eigenvalue weighted by molar-refractivity contribution is 6.04. The maximum absolute atomic E-state index is 13.4. The zero-order chi connectivity index (χ0) is 20.0. The van der Waals surface area contributed by atoms with E-state index >= 15 is 0 Å². The standard InChI is InChI=1S/C17H13F2N7O2/c1-8-5-13(21-15(27)9-3-4-11(18)12(19)6-9)26(24-8)17-22-14-10(16(28)23-17)7-20-25(14)2/h3-7H,1-2H3,(H,21,27)(H,22,23,28). The topological polar surface area (TPSA) is 110 Å². The van der Waals surface area contributed by atoms with Crippen LogP contribution in [0.2, 0.25) is 0 Å². The maximum Gasteiger partial charge on any atom is 0.263 e. The summed E-state index contributed by atoms with van der Waals surface area (Å²) in [6, 6.07) is 4.36. The number of halogens is 2. The van der Waals surface area contributed by atoms with Crippen LogP contribution < -0.4 is 10.9 Å². The SMILES string of the molecule is Cc1cc(NC(=O)c2ccc(F)c(F)c2)n(-c2nc3c(cnn3C)c(=O)[nH]2)n1. The molecule has 11 heteroatoms. The lowest BCUT2D eigenvalue weighted by atomic mass is 10.2. The van der Waals surface area contributed by atoms with Crippen LogP contribution in [0.1, 0.15) is 16.1 Å². The molecule has 2 N–H and O–H groups in total. The van der Waals surface area contributed by atoms with Crippen molar-refractivity contribution in [1.29, 1.82) is 0 Å². The van der Waals surface area contributed by atoms with Gasteiger partial charge in [-0.1, -0.05) is 0 Å². The van der Waals surface area contributed by atoms with E-state index in [2.05, 4.69) is 25.5 Å². The minimum Gasteiger partial charge on any atom is -0.306 e. The summed E-state index contributed by atoms with van der Waals surface area (Å²) in [4.78, 5) is 31.6. The van der Waals surface area contributed by atoms with Gasteiger partial charge in [-0.05, 0) is 25.1 Å². The average molecular weight is 385 g/mol. The van der Waals surface area contributed by atoms with Crippen LogP contribution in [-0.4, -0.2) is 35.4 Å².